The van der Waals surface area contributed by atoms with Crippen LogP contribution in [0.5, 0.6) is 0 Å². The van der Waals surface area contributed by atoms with E-state index in [9.17, 15) is 9.59 Å². The van der Waals surface area contributed by atoms with Crippen LogP contribution >= 0.6 is 35.0 Å². The number of carbonyl (C=O) groups is 2. The van der Waals surface area contributed by atoms with Crippen molar-refractivity contribution < 1.29 is 14.3 Å². The fourth-order valence-electron chi connectivity index (χ4n) is 1.54. The summed E-state index contributed by atoms with van der Waals surface area (Å²) in [5.41, 5.74) is 0.371. The SMILES string of the molecule is COC(=O)[C@H](CCSC)NC(=O)Nc1cccc(Cl)c1Cl. The third kappa shape index (κ3) is 5.65. The number of ether oxygens (including phenoxy) is 1. The molecule has 2 amide bonds. The van der Waals surface area contributed by atoms with Crippen LogP contribution in [0.4, 0.5) is 10.5 Å². The number of amides is 2. The van der Waals surface area contributed by atoms with Crippen molar-refractivity contribution in [3.8, 4) is 0 Å². The summed E-state index contributed by atoms with van der Waals surface area (Å²) in [7, 11) is 1.28. The molecule has 0 spiro atoms. The van der Waals surface area contributed by atoms with Crippen LogP contribution in [0.15, 0.2) is 18.2 Å². The Hall–Kier alpha value is -1.11. The van der Waals surface area contributed by atoms with Crippen molar-refractivity contribution in [2.75, 3.05) is 24.4 Å². The predicted octanol–water partition coefficient (Wildman–Crippen LogP) is 3.41. The number of esters is 1. The van der Waals surface area contributed by atoms with Crippen LogP contribution in [0.1, 0.15) is 6.42 Å². The van der Waals surface area contributed by atoms with Gasteiger partial charge >= 0.3 is 12.0 Å². The molecule has 1 rings (SSSR count). The number of carbonyl (C=O) groups excluding carboxylic acids is 2. The zero-order chi connectivity index (χ0) is 15.8. The molecule has 0 unspecified atom stereocenters. The number of benzene rings is 1. The van der Waals surface area contributed by atoms with Gasteiger partial charge in [-0.2, -0.15) is 11.8 Å². The molecule has 8 heteroatoms. The number of urea groups is 1. The fraction of sp³-hybridized carbons (Fsp3) is 0.385. The molecular formula is C13H16Cl2N2O3S. The van der Waals surface area contributed by atoms with E-state index >= 15 is 0 Å². The quantitative estimate of drug-likeness (QED) is 0.771. The monoisotopic (exact) mass is 350 g/mol. The summed E-state index contributed by atoms with van der Waals surface area (Å²) in [6.45, 7) is 0. The highest BCUT2D eigenvalue weighted by Gasteiger charge is 2.21. The molecule has 0 fully saturated rings. The van der Waals surface area contributed by atoms with Crippen LogP contribution < -0.4 is 10.6 Å². The highest BCUT2D eigenvalue weighted by atomic mass is 35.5. The minimum atomic E-state index is -0.708. The molecule has 1 aromatic rings. The van der Waals surface area contributed by atoms with E-state index in [2.05, 4.69) is 15.4 Å². The van der Waals surface area contributed by atoms with Gasteiger partial charge in [-0.25, -0.2) is 9.59 Å². The van der Waals surface area contributed by atoms with Crippen molar-refractivity contribution in [1.82, 2.24) is 5.32 Å². The average molecular weight is 351 g/mol. The van der Waals surface area contributed by atoms with Gasteiger partial charge in [-0.05, 0) is 30.6 Å². The highest BCUT2D eigenvalue weighted by Crippen LogP contribution is 2.29. The maximum absolute atomic E-state index is 11.9. The Morgan fingerprint density at radius 1 is 1.38 bits per heavy atom. The molecule has 0 aromatic heterocycles. The predicted molar refractivity (Wildman–Crippen MR) is 87.4 cm³/mol. The molecule has 0 bridgehead atoms. The first kappa shape index (κ1) is 17.9. The van der Waals surface area contributed by atoms with Gasteiger partial charge < -0.3 is 15.4 Å². The van der Waals surface area contributed by atoms with E-state index < -0.39 is 18.0 Å². The molecule has 0 aliphatic heterocycles. The Bertz CT molecular complexity index is 514. The Labute approximate surface area is 137 Å². The molecule has 2 N–H and O–H groups in total. The van der Waals surface area contributed by atoms with Gasteiger partial charge in [0.25, 0.3) is 0 Å². The molecule has 1 atom stereocenters. The van der Waals surface area contributed by atoms with E-state index in [1.165, 1.54) is 7.11 Å². The molecule has 1 aromatic carbocycles. The zero-order valence-corrected chi connectivity index (χ0v) is 13.9. The Kier molecular flexibility index (Phi) is 7.71. The summed E-state index contributed by atoms with van der Waals surface area (Å²) >= 11 is 13.4. The Morgan fingerprint density at radius 3 is 2.71 bits per heavy atom. The highest BCUT2D eigenvalue weighted by molar-refractivity contribution is 7.98. The van der Waals surface area contributed by atoms with Crippen LogP contribution in [-0.4, -0.2) is 37.2 Å². The Balaban J connectivity index is 2.69. The minimum Gasteiger partial charge on any atom is -0.467 e. The first-order chi connectivity index (χ1) is 9.99. The van der Waals surface area contributed by atoms with Gasteiger partial charge in [-0.15, -0.1) is 0 Å². The summed E-state index contributed by atoms with van der Waals surface area (Å²) in [5, 5.41) is 5.69. The van der Waals surface area contributed by atoms with Gasteiger partial charge in [0.15, 0.2) is 0 Å². The van der Waals surface area contributed by atoms with Crippen molar-refractivity contribution in [3.05, 3.63) is 28.2 Å². The van der Waals surface area contributed by atoms with Gasteiger partial charge in [0.2, 0.25) is 0 Å². The van der Waals surface area contributed by atoms with E-state index in [0.717, 1.165) is 5.75 Å². The normalized spacial score (nSPS) is 11.6. The lowest BCUT2D eigenvalue weighted by molar-refractivity contribution is -0.142. The van der Waals surface area contributed by atoms with Gasteiger partial charge in [-0.1, -0.05) is 29.3 Å². The third-order valence-electron chi connectivity index (χ3n) is 2.60. The summed E-state index contributed by atoms with van der Waals surface area (Å²) in [6.07, 6.45) is 2.39. The number of thioether (sulfide) groups is 1. The molecule has 0 heterocycles. The molecule has 5 nitrogen and oxygen atoms in total. The van der Waals surface area contributed by atoms with E-state index in [1.54, 1.807) is 30.0 Å². The van der Waals surface area contributed by atoms with Gasteiger partial charge in [0.05, 0.1) is 22.8 Å². The lowest BCUT2D eigenvalue weighted by Crippen LogP contribution is -2.44. The average Bonchev–Trinajstić information content (AvgIpc) is 2.47. The first-order valence-electron chi connectivity index (χ1n) is 6.08. The van der Waals surface area contributed by atoms with Gasteiger partial charge in [-0.3, -0.25) is 0 Å². The number of halogens is 2. The zero-order valence-electron chi connectivity index (χ0n) is 11.6. The van der Waals surface area contributed by atoms with Crippen LogP contribution in [-0.2, 0) is 9.53 Å². The second-order valence-electron chi connectivity index (χ2n) is 4.06. The van der Waals surface area contributed by atoms with Gasteiger partial charge in [0, 0.05) is 0 Å². The van der Waals surface area contributed by atoms with E-state index in [0.29, 0.717) is 17.1 Å². The van der Waals surface area contributed by atoms with Crippen molar-refractivity contribution in [1.29, 1.82) is 0 Å². The molecule has 116 valence electrons. The molecule has 0 saturated heterocycles. The second kappa shape index (κ2) is 9.02. The number of hydrogen-bond donors (Lipinski definition) is 2. The van der Waals surface area contributed by atoms with Crippen LogP contribution in [0.3, 0.4) is 0 Å². The Morgan fingerprint density at radius 2 is 2.10 bits per heavy atom. The second-order valence-corrected chi connectivity index (χ2v) is 5.83. The van der Waals surface area contributed by atoms with Crippen LogP contribution in [0.2, 0.25) is 10.0 Å². The van der Waals surface area contributed by atoms with Crippen molar-refractivity contribution in [2.24, 2.45) is 0 Å². The molecular weight excluding hydrogens is 335 g/mol. The smallest absolute Gasteiger partial charge is 0.328 e. The lowest BCUT2D eigenvalue weighted by Gasteiger charge is -2.17. The largest absolute Gasteiger partial charge is 0.467 e. The van der Waals surface area contributed by atoms with Crippen molar-refractivity contribution in [3.63, 3.8) is 0 Å². The summed E-state index contributed by atoms with van der Waals surface area (Å²) in [5.74, 6) is 0.231. The first-order valence-corrected chi connectivity index (χ1v) is 8.22. The van der Waals surface area contributed by atoms with Crippen LogP contribution in [0.25, 0.3) is 0 Å². The summed E-state index contributed by atoms with van der Waals surface area (Å²) in [6, 6.07) is 3.64. The van der Waals surface area contributed by atoms with E-state index in [1.807, 2.05) is 6.26 Å². The number of rotatable bonds is 6. The summed E-state index contributed by atoms with van der Waals surface area (Å²) < 4.78 is 4.67. The topological polar surface area (TPSA) is 67.4 Å². The maximum Gasteiger partial charge on any atom is 0.328 e. The number of anilines is 1. The standard InChI is InChI=1S/C13H16Cl2N2O3S/c1-20-12(18)10(6-7-21-2)17-13(19)16-9-5-3-4-8(14)11(9)15/h3-5,10H,6-7H2,1-2H3,(H2,16,17,19)/t10-/m0/s1. The molecule has 0 saturated carbocycles. The number of methoxy groups -OCH3 is 1. The van der Waals surface area contributed by atoms with E-state index in [4.69, 9.17) is 23.2 Å². The summed E-state index contributed by atoms with van der Waals surface area (Å²) in [4.78, 5) is 23.5. The van der Waals surface area contributed by atoms with Crippen molar-refractivity contribution in [2.45, 2.75) is 12.5 Å². The maximum atomic E-state index is 11.9. The fourth-order valence-corrected chi connectivity index (χ4v) is 2.36. The van der Waals surface area contributed by atoms with Crippen LogP contribution in [0, 0.1) is 0 Å². The number of hydrogen-bond acceptors (Lipinski definition) is 4. The lowest BCUT2D eigenvalue weighted by atomic mass is 10.2. The third-order valence-corrected chi connectivity index (χ3v) is 4.06. The molecule has 0 aliphatic carbocycles. The molecule has 0 radical (unpaired) electrons. The van der Waals surface area contributed by atoms with E-state index in [-0.39, 0.29) is 5.02 Å². The molecule has 0 aliphatic rings. The minimum absolute atomic E-state index is 0.244. The number of nitrogens with one attached hydrogen (secondary N) is 2. The van der Waals surface area contributed by atoms with Crippen molar-refractivity contribution >= 4 is 52.7 Å². The molecule has 21 heavy (non-hydrogen) atoms. The van der Waals surface area contributed by atoms with Gasteiger partial charge in [0.1, 0.15) is 6.04 Å².